The number of aromatic carboxylic acids is 1. The van der Waals surface area contributed by atoms with Gasteiger partial charge in [-0.25, -0.2) is 4.79 Å². The van der Waals surface area contributed by atoms with Crippen LogP contribution >= 0.6 is 0 Å². The summed E-state index contributed by atoms with van der Waals surface area (Å²) in [5, 5.41) is 23.1. The number of carboxylic acids is 1. The first-order chi connectivity index (χ1) is 8.56. The fourth-order valence-corrected chi connectivity index (χ4v) is 1.47. The van der Waals surface area contributed by atoms with E-state index in [1.54, 1.807) is 12.1 Å². The summed E-state index contributed by atoms with van der Waals surface area (Å²) in [7, 11) is 0. The van der Waals surface area contributed by atoms with Crippen LogP contribution in [0.5, 0.6) is 0 Å². The molecule has 0 amide bonds. The standard InChI is InChI=1S/C11H9N3O4/c15-11(16)9-5-12-13(7-9)6-8-1-3-10(4-2-8)14(17)18/h1-5,7H,6H2,(H,15,16). The molecule has 1 N–H and O–H groups in total. The Kier molecular flexibility index (Phi) is 3.05. The second-order valence-corrected chi connectivity index (χ2v) is 3.66. The molecule has 0 bridgehead atoms. The Balaban J connectivity index is 2.13. The zero-order valence-corrected chi connectivity index (χ0v) is 9.18. The lowest BCUT2D eigenvalue weighted by atomic mass is 10.2. The topological polar surface area (TPSA) is 98.3 Å². The van der Waals surface area contributed by atoms with Crippen LogP contribution < -0.4 is 0 Å². The van der Waals surface area contributed by atoms with Crippen molar-refractivity contribution in [2.45, 2.75) is 6.54 Å². The third kappa shape index (κ3) is 2.51. The van der Waals surface area contributed by atoms with Gasteiger partial charge < -0.3 is 5.11 Å². The molecule has 7 heteroatoms. The largest absolute Gasteiger partial charge is 0.478 e. The highest BCUT2D eigenvalue weighted by molar-refractivity contribution is 5.86. The number of carbonyl (C=O) groups is 1. The minimum Gasteiger partial charge on any atom is -0.478 e. The molecule has 0 fully saturated rings. The van der Waals surface area contributed by atoms with E-state index in [0.29, 0.717) is 6.54 Å². The monoisotopic (exact) mass is 247 g/mol. The molecule has 0 spiro atoms. The first-order valence-electron chi connectivity index (χ1n) is 5.05. The van der Waals surface area contributed by atoms with Crippen molar-refractivity contribution >= 4 is 11.7 Å². The van der Waals surface area contributed by atoms with Crippen LogP contribution in [0.15, 0.2) is 36.7 Å². The summed E-state index contributed by atoms with van der Waals surface area (Å²) in [5.74, 6) is -1.04. The third-order valence-electron chi connectivity index (χ3n) is 2.37. The normalized spacial score (nSPS) is 10.2. The summed E-state index contributed by atoms with van der Waals surface area (Å²) in [4.78, 5) is 20.7. The van der Waals surface area contributed by atoms with Crippen molar-refractivity contribution in [1.82, 2.24) is 9.78 Å². The van der Waals surface area contributed by atoms with E-state index in [-0.39, 0.29) is 11.3 Å². The van der Waals surface area contributed by atoms with E-state index in [0.717, 1.165) is 5.56 Å². The van der Waals surface area contributed by atoms with Gasteiger partial charge in [0.05, 0.1) is 23.2 Å². The SMILES string of the molecule is O=C(O)c1cnn(Cc2ccc([N+](=O)[O-])cc2)c1. The number of benzene rings is 1. The second-order valence-electron chi connectivity index (χ2n) is 3.66. The summed E-state index contributed by atoms with van der Waals surface area (Å²) < 4.78 is 1.46. The Morgan fingerprint density at radius 3 is 2.56 bits per heavy atom. The van der Waals surface area contributed by atoms with Crippen molar-refractivity contribution in [3.63, 3.8) is 0 Å². The van der Waals surface area contributed by atoms with Crippen molar-refractivity contribution < 1.29 is 14.8 Å². The zero-order valence-electron chi connectivity index (χ0n) is 9.18. The quantitative estimate of drug-likeness (QED) is 0.652. The molecule has 0 aliphatic rings. The number of rotatable bonds is 4. The van der Waals surface area contributed by atoms with Gasteiger partial charge in [-0.3, -0.25) is 14.8 Å². The lowest BCUT2D eigenvalue weighted by molar-refractivity contribution is -0.384. The van der Waals surface area contributed by atoms with Crippen molar-refractivity contribution in [3.8, 4) is 0 Å². The van der Waals surface area contributed by atoms with Gasteiger partial charge >= 0.3 is 5.97 Å². The minimum atomic E-state index is -1.04. The Labute approximate surface area is 101 Å². The number of nitro benzene ring substituents is 1. The van der Waals surface area contributed by atoms with Crippen LogP contribution in [0.25, 0.3) is 0 Å². The number of non-ortho nitro benzene ring substituents is 1. The molecule has 0 unspecified atom stereocenters. The smallest absolute Gasteiger partial charge is 0.338 e. The number of hydrogen-bond donors (Lipinski definition) is 1. The molecule has 0 aliphatic carbocycles. The molecule has 1 aromatic heterocycles. The van der Waals surface area contributed by atoms with E-state index in [1.807, 2.05) is 0 Å². The summed E-state index contributed by atoms with van der Waals surface area (Å²) in [5.41, 5.74) is 0.933. The highest BCUT2D eigenvalue weighted by Gasteiger charge is 2.07. The maximum atomic E-state index is 10.7. The summed E-state index contributed by atoms with van der Waals surface area (Å²) in [6.45, 7) is 0.366. The highest BCUT2D eigenvalue weighted by Crippen LogP contribution is 2.12. The maximum Gasteiger partial charge on any atom is 0.338 e. The molecule has 7 nitrogen and oxygen atoms in total. The van der Waals surface area contributed by atoms with Gasteiger partial charge in [-0.2, -0.15) is 5.10 Å². The zero-order chi connectivity index (χ0) is 13.1. The Bertz CT molecular complexity index is 589. The van der Waals surface area contributed by atoms with Crippen LogP contribution in [0, 0.1) is 10.1 Å². The van der Waals surface area contributed by atoms with Gasteiger partial charge in [0.25, 0.3) is 5.69 Å². The molecule has 0 atom stereocenters. The molecule has 0 saturated carbocycles. The molecule has 2 aromatic rings. The summed E-state index contributed by atoms with van der Waals surface area (Å²) in [6, 6.07) is 6.02. The molecule has 18 heavy (non-hydrogen) atoms. The van der Waals surface area contributed by atoms with Gasteiger partial charge in [0.2, 0.25) is 0 Å². The number of carboxylic acid groups (broad SMARTS) is 1. The van der Waals surface area contributed by atoms with Crippen molar-refractivity contribution in [3.05, 3.63) is 57.9 Å². The molecule has 1 aromatic carbocycles. The predicted molar refractivity (Wildman–Crippen MR) is 61.4 cm³/mol. The molecule has 0 aliphatic heterocycles. The van der Waals surface area contributed by atoms with Gasteiger partial charge in [-0.05, 0) is 5.56 Å². The second kappa shape index (κ2) is 4.66. The molecule has 92 valence electrons. The molecular weight excluding hydrogens is 238 g/mol. The number of aromatic nitrogens is 2. The molecule has 0 radical (unpaired) electrons. The average Bonchev–Trinajstić information content (AvgIpc) is 2.78. The fourth-order valence-electron chi connectivity index (χ4n) is 1.47. The van der Waals surface area contributed by atoms with Crippen molar-refractivity contribution in [1.29, 1.82) is 0 Å². The average molecular weight is 247 g/mol. The number of nitrogens with zero attached hydrogens (tertiary/aromatic N) is 3. The maximum absolute atomic E-state index is 10.7. The van der Waals surface area contributed by atoms with Crippen molar-refractivity contribution in [2.75, 3.05) is 0 Å². The van der Waals surface area contributed by atoms with Gasteiger partial charge in [0.15, 0.2) is 0 Å². The first-order valence-corrected chi connectivity index (χ1v) is 5.05. The van der Waals surface area contributed by atoms with E-state index >= 15 is 0 Å². The van der Waals surface area contributed by atoms with Gasteiger partial charge in [-0.1, -0.05) is 12.1 Å². The van der Waals surface area contributed by atoms with E-state index in [9.17, 15) is 14.9 Å². The van der Waals surface area contributed by atoms with Crippen LogP contribution in [-0.4, -0.2) is 25.8 Å². The van der Waals surface area contributed by atoms with Crippen LogP contribution in [0.1, 0.15) is 15.9 Å². The van der Waals surface area contributed by atoms with Crippen LogP contribution in [0.3, 0.4) is 0 Å². The van der Waals surface area contributed by atoms with E-state index in [1.165, 1.54) is 29.2 Å². The van der Waals surface area contributed by atoms with Gasteiger partial charge in [0, 0.05) is 18.3 Å². The number of hydrogen-bond acceptors (Lipinski definition) is 4. The lowest BCUT2D eigenvalue weighted by Gasteiger charge is -2.01. The van der Waals surface area contributed by atoms with Crippen LogP contribution in [0.4, 0.5) is 5.69 Å². The molecular formula is C11H9N3O4. The minimum absolute atomic E-state index is 0.0189. The Morgan fingerprint density at radius 2 is 2.06 bits per heavy atom. The van der Waals surface area contributed by atoms with Crippen LogP contribution in [0.2, 0.25) is 0 Å². The van der Waals surface area contributed by atoms with Gasteiger partial charge in [-0.15, -0.1) is 0 Å². The lowest BCUT2D eigenvalue weighted by Crippen LogP contribution is -2.00. The summed E-state index contributed by atoms with van der Waals surface area (Å²) in [6.07, 6.45) is 2.66. The van der Waals surface area contributed by atoms with Crippen LogP contribution in [-0.2, 0) is 6.54 Å². The number of nitro groups is 1. The Morgan fingerprint density at radius 1 is 1.39 bits per heavy atom. The van der Waals surface area contributed by atoms with E-state index in [2.05, 4.69) is 5.10 Å². The Hall–Kier alpha value is -2.70. The highest BCUT2D eigenvalue weighted by atomic mass is 16.6. The fraction of sp³-hybridized carbons (Fsp3) is 0.0909. The van der Waals surface area contributed by atoms with Gasteiger partial charge in [0.1, 0.15) is 0 Å². The first kappa shape index (κ1) is 11.8. The molecule has 1 heterocycles. The molecule has 2 rings (SSSR count). The third-order valence-corrected chi connectivity index (χ3v) is 2.37. The predicted octanol–water partition coefficient (Wildman–Crippen LogP) is 1.54. The summed E-state index contributed by atoms with van der Waals surface area (Å²) >= 11 is 0. The van der Waals surface area contributed by atoms with E-state index in [4.69, 9.17) is 5.11 Å². The van der Waals surface area contributed by atoms with Crippen molar-refractivity contribution in [2.24, 2.45) is 0 Å². The van der Waals surface area contributed by atoms with E-state index < -0.39 is 10.9 Å². The molecule has 0 saturated heterocycles.